The summed E-state index contributed by atoms with van der Waals surface area (Å²) < 4.78 is 10.4. The van der Waals surface area contributed by atoms with E-state index in [2.05, 4.69) is 5.32 Å². The van der Waals surface area contributed by atoms with E-state index in [9.17, 15) is 9.59 Å². The molecule has 6 heteroatoms. The number of methoxy groups -OCH3 is 2. The van der Waals surface area contributed by atoms with Crippen LogP contribution in [0.5, 0.6) is 11.5 Å². The van der Waals surface area contributed by atoms with Crippen LogP contribution in [0.25, 0.3) is 0 Å². The molecule has 2 amide bonds. The highest BCUT2D eigenvalue weighted by molar-refractivity contribution is 5.94. The maximum absolute atomic E-state index is 12.0. The van der Waals surface area contributed by atoms with E-state index in [0.29, 0.717) is 35.6 Å². The molecular formula is C18H20N2O4. The highest BCUT2D eigenvalue weighted by Gasteiger charge is 2.08. The van der Waals surface area contributed by atoms with E-state index in [4.69, 9.17) is 15.2 Å². The van der Waals surface area contributed by atoms with E-state index >= 15 is 0 Å². The maximum Gasteiger partial charge on any atom is 0.248 e. The first kappa shape index (κ1) is 17.3. The molecule has 0 spiro atoms. The average Bonchev–Trinajstić information content (AvgIpc) is 2.60. The van der Waals surface area contributed by atoms with Gasteiger partial charge in [0.05, 0.1) is 14.2 Å². The lowest BCUT2D eigenvalue weighted by atomic mass is 10.1. The van der Waals surface area contributed by atoms with Crippen molar-refractivity contribution in [2.45, 2.75) is 12.8 Å². The van der Waals surface area contributed by atoms with Gasteiger partial charge in [0.1, 0.15) is 0 Å². The molecule has 6 nitrogen and oxygen atoms in total. The summed E-state index contributed by atoms with van der Waals surface area (Å²) in [5.74, 6) is 0.677. The lowest BCUT2D eigenvalue weighted by molar-refractivity contribution is -0.116. The number of nitrogens with two attached hydrogens (primary N) is 1. The molecule has 3 N–H and O–H groups in total. The normalized spacial score (nSPS) is 10.1. The van der Waals surface area contributed by atoms with E-state index in [1.54, 1.807) is 38.5 Å². The number of ether oxygens (including phenoxy) is 2. The number of primary amides is 1. The molecule has 2 aromatic rings. The van der Waals surface area contributed by atoms with Gasteiger partial charge in [0.2, 0.25) is 11.8 Å². The third-order valence-corrected chi connectivity index (χ3v) is 3.54. The fraction of sp³-hybridized carbons (Fsp3) is 0.222. The van der Waals surface area contributed by atoms with Gasteiger partial charge in [-0.25, -0.2) is 0 Å². The van der Waals surface area contributed by atoms with Crippen LogP contribution in [0.15, 0.2) is 42.5 Å². The summed E-state index contributed by atoms with van der Waals surface area (Å²) in [6, 6.07) is 12.0. The van der Waals surface area contributed by atoms with Crippen LogP contribution in [0.4, 0.5) is 5.69 Å². The van der Waals surface area contributed by atoms with E-state index in [0.717, 1.165) is 5.56 Å². The Morgan fingerprint density at radius 2 is 1.67 bits per heavy atom. The van der Waals surface area contributed by atoms with Gasteiger partial charge in [0.25, 0.3) is 0 Å². The molecule has 0 aliphatic rings. The lowest BCUT2D eigenvalue weighted by Crippen LogP contribution is -2.13. The Morgan fingerprint density at radius 1 is 1.00 bits per heavy atom. The van der Waals surface area contributed by atoms with E-state index in [1.165, 1.54) is 0 Å². The van der Waals surface area contributed by atoms with E-state index in [1.807, 2.05) is 18.2 Å². The van der Waals surface area contributed by atoms with Crippen LogP contribution in [-0.2, 0) is 11.2 Å². The first-order valence-electron chi connectivity index (χ1n) is 7.44. The van der Waals surface area contributed by atoms with Gasteiger partial charge in [0.15, 0.2) is 11.5 Å². The number of amides is 2. The van der Waals surface area contributed by atoms with Crippen LogP contribution in [0.3, 0.4) is 0 Å². The molecule has 0 unspecified atom stereocenters. The summed E-state index contributed by atoms with van der Waals surface area (Å²) >= 11 is 0. The summed E-state index contributed by atoms with van der Waals surface area (Å²) in [5.41, 5.74) is 7.18. The number of rotatable bonds is 7. The molecule has 0 saturated heterocycles. The highest BCUT2D eigenvalue weighted by atomic mass is 16.5. The predicted octanol–water partition coefficient (Wildman–Crippen LogP) is 2.37. The topological polar surface area (TPSA) is 90.6 Å². The zero-order valence-electron chi connectivity index (χ0n) is 13.7. The monoisotopic (exact) mass is 328 g/mol. The molecule has 126 valence electrons. The summed E-state index contributed by atoms with van der Waals surface area (Å²) in [6.07, 6.45) is 0.901. The van der Waals surface area contributed by atoms with Crippen LogP contribution in [0.2, 0.25) is 0 Å². The first-order chi connectivity index (χ1) is 11.5. The SMILES string of the molecule is COc1ccc(CCC(=O)Nc2ccc(C(N)=O)cc2)cc1OC. The van der Waals surface area contributed by atoms with Crippen LogP contribution in [-0.4, -0.2) is 26.0 Å². The number of carbonyl (C=O) groups is 2. The van der Waals surface area contributed by atoms with Crippen molar-refractivity contribution >= 4 is 17.5 Å². The minimum atomic E-state index is -0.499. The fourth-order valence-corrected chi connectivity index (χ4v) is 2.24. The number of nitrogens with one attached hydrogen (secondary N) is 1. The van der Waals surface area contributed by atoms with Crippen molar-refractivity contribution in [2.24, 2.45) is 5.73 Å². The van der Waals surface area contributed by atoms with Gasteiger partial charge >= 0.3 is 0 Å². The van der Waals surface area contributed by atoms with Crippen molar-refractivity contribution < 1.29 is 19.1 Å². The summed E-state index contributed by atoms with van der Waals surface area (Å²) in [7, 11) is 3.15. The molecular weight excluding hydrogens is 308 g/mol. The van der Waals surface area contributed by atoms with Crippen LogP contribution in [0, 0.1) is 0 Å². The van der Waals surface area contributed by atoms with Gasteiger partial charge < -0.3 is 20.5 Å². The fourth-order valence-electron chi connectivity index (χ4n) is 2.24. The van der Waals surface area contributed by atoms with Crippen molar-refractivity contribution in [3.63, 3.8) is 0 Å². The molecule has 0 aromatic heterocycles. The Kier molecular flexibility index (Phi) is 5.78. The Morgan fingerprint density at radius 3 is 2.25 bits per heavy atom. The largest absolute Gasteiger partial charge is 0.493 e. The third kappa shape index (κ3) is 4.49. The predicted molar refractivity (Wildman–Crippen MR) is 91.5 cm³/mol. The standard InChI is InChI=1S/C18H20N2O4/c1-23-15-9-3-12(11-16(15)24-2)4-10-17(21)20-14-7-5-13(6-8-14)18(19)22/h3,5-9,11H,4,10H2,1-2H3,(H2,19,22)(H,20,21). The molecule has 2 rings (SSSR count). The molecule has 0 fully saturated rings. The second-order valence-corrected chi connectivity index (χ2v) is 5.18. The molecule has 0 aliphatic heterocycles. The molecule has 0 bridgehead atoms. The van der Waals surface area contributed by atoms with Crippen molar-refractivity contribution in [3.05, 3.63) is 53.6 Å². The summed E-state index contributed by atoms with van der Waals surface area (Å²) in [6.45, 7) is 0. The zero-order chi connectivity index (χ0) is 17.5. The minimum Gasteiger partial charge on any atom is -0.493 e. The highest BCUT2D eigenvalue weighted by Crippen LogP contribution is 2.28. The molecule has 2 aromatic carbocycles. The van der Waals surface area contributed by atoms with Gasteiger partial charge in [-0.3, -0.25) is 9.59 Å². The van der Waals surface area contributed by atoms with E-state index in [-0.39, 0.29) is 5.91 Å². The Balaban J connectivity index is 1.92. The quantitative estimate of drug-likeness (QED) is 0.816. The Bertz CT molecular complexity index is 726. The molecule has 0 aliphatic carbocycles. The van der Waals surface area contributed by atoms with Gasteiger partial charge in [-0.15, -0.1) is 0 Å². The number of hydrogen-bond donors (Lipinski definition) is 2. The van der Waals surface area contributed by atoms with Crippen LogP contribution < -0.4 is 20.5 Å². The third-order valence-electron chi connectivity index (χ3n) is 3.54. The maximum atomic E-state index is 12.0. The van der Waals surface area contributed by atoms with Crippen molar-refractivity contribution in [3.8, 4) is 11.5 Å². The Labute approximate surface area is 140 Å². The average molecular weight is 328 g/mol. The summed E-state index contributed by atoms with van der Waals surface area (Å²) in [5, 5.41) is 2.78. The lowest BCUT2D eigenvalue weighted by Gasteiger charge is -2.10. The van der Waals surface area contributed by atoms with Crippen LogP contribution in [0.1, 0.15) is 22.3 Å². The van der Waals surface area contributed by atoms with Crippen LogP contribution >= 0.6 is 0 Å². The summed E-state index contributed by atoms with van der Waals surface area (Å²) in [4.78, 5) is 23.0. The van der Waals surface area contributed by atoms with Gasteiger partial charge in [-0.05, 0) is 48.4 Å². The number of carbonyl (C=O) groups excluding carboxylic acids is 2. The minimum absolute atomic E-state index is 0.114. The zero-order valence-corrected chi connectivity index (χ0v) is 13.7. The second-order valence-electron chi connectivity index (χ2n) is 5.18. The second kappa shape index (κ2) is 8.01. The molecule has 0 saturated carbocycles. The molecule has 24 heavy (non-hydrogen) atoms. The van der Waals surface area contributed by atoms with E-state index < -0.39 is 5.91 Å². The van der Waals surface area contributed by atoms with Gasteiger partial charge in [0, 0.05) is 17.7 Å². The van der Waals surface area contributed by atoms with Gasteiger partial charge in [-0.2, -0.15) is 0 Å². The Hall–Kier alpha value is -3.02. The van der Waals surface area contributed by atoms with Crippen molar-refractivity contribution in [1.82, 2.24) is 0 Å². The van der Waals surface area contributed by atoms with Gasteiger partial charge in [-0.1, -0.05) is 6.07 Å². The molecule has 0 heterocycles. The number of anilines is 1. The molecule has 0 radical (unpaired) electrons. The first-order valence-corrected chi connectivity index (χ1v) is 7.44. The smallest absolute Gasteiger partial charge is 0.248 e. The molecule has 0 atom stereocenters. The number of hydrogen-bond acceptors (Lipinski definition) is 4. The number of benzene rings is 2. The van der Waals surface area contributed by atoms with Crippen molar-refractivity contribution in [1.29, 1.82) is 0 Å². The number of aryl methyl sites for hydroxylation is 1. The van der Waals surface area contributed by atoms with Crippen molar-refractivity contribution in [2.75, 3.05) is 19.5 Å².